The Morgan fingerprint density at radius 3 is 1.13 bits per heavy atom. The van der Waals surface area contributed by atoms with Crippen LogP contribution < -0.4 is 0 Å². The van der Waals surface area contributed by atoms with Crippen molar-refractivity contribution in [1.29, 1.82) is 0 Å². The fraction of sp³-hybridized carbons (Fsp3) is 0.670. The van der Waals surface area contributed by atoms with E-state index in [4.69, 9.17) is 52.1 Å². The van der Waals surface area contributed by atoms with E-state index < -0.39 is 54.4 Å². The van der Waals surface area contributed by atoms with Gasteiger partial charge in [-0.3, -0.25) is 0 Å². The Bertz CT molecular complexity index is 3400. The lowest BCUT2D eigenvalue weighted by Gasteiger charge is -2.43. The molecule has 0 aromatic rings. The van der Waals surface area contributed by atoms with Crippen LogP contribution in [0.1, 0.15) is 266 Å². The average molecular weight is 1430 g/mol. The molecule has 0 saturated carbocycles. The van der Waals surface area contributed by atoms with Gasteiger partial charge >= 0.3 is 5.97 Å². The first-order valence-corrected chi connectivity index (χ1v) is 37.2. The van der Waals surface area contributed by atoms with Crippen LogP contribution in [0.2, 0.25) is 0 Å². The van der Waals surface area contributed by atoms with E-state index >= 15 is 0 Å². The number of esters is 1. The number of hydrogen-bond donors (Lipinski definition) is 1. The Morgan fingerprint density at radius 2 is 0.762 bits per heavy atom. The molecule has 596 valence electrons. The van der Waals surface area contributed by atoms with E-state index in [0.29, 0.717) is 31.0 Å². The summed E-state index contributed by atoms with van der Waals surface area (Å²) in [6, 6.07) is 0. The summed E-state index contributed by atoms with van der Waals surface area (Å²) in [6.45, 7) is 27.9. The number of hydrogen-bond acceptors (Lipinski definition) is 13. The molecule has 0 aliphatic carbocycles. The monoisotopic (exact) mass is 1430 g/mol. The Kier molecular flexibility index (Phi) is 47.3. The van der Waals surface area contributed by atoms with Crippen LogP contribution in [0.4, 0.5) is 0 Å². The summed E-state index contributed by atoms with van der Waals surface area (Å²) in [7, 11) is 3.36. The van der Waals surface area contributed by atoms with Gasteiger partial charge in [-0.2, -0.15) is 0 Å². The molecule has 0 aromatic carbocycles. The number of ether oxygens (including phenoxy) is 11. The third kappa shape index (κ3) is 38.4. The highest BCUT2D eigenvalue weighted by Crippen LogP contribution is 2.39. The zero-order chi connectivity index (χ0) is 73.8. The van der Waals surface area contributed by atoms with E-state index in [-0.39, 0.29) is 89.8 Å². The van der Waals surface area contributed by atoms with Crippen LogP contribution >= 0.6 is 0 Å². The quantitative estimate of drug-likeness (QED) is 0.0208. The van der Waals surface area contributed by atoms with E-state index in [2.05, 4.69) is 216 Å². The number of unbranched alkanes of at least 4 members (excludes halogenated alkanes) is 20. The van der Waals surface area contributed by atoms with E-state index in [9.17, 15) is 9.90 Å². The number of aliphatic hydroxyl groups is 1. The highest BCUT2D eigenvalue weighted by molar-refractivity contribution is 5.89. The molecule has 0 spiro atoms. The summed E-state index contributed by atoms with van der Waals surface area (Å²) < 4.78 is 66.6. The maximum Gasteiger partial charge on any atom is 0.385 e. The number of aliphatic hydroxyl groups excluding tert-OH is 1. The SMILES string of the molecule is CC#CC#CC#CC#CC#CC#CC#CC#CC#CC#CC#CC#CC(=O)O[C@@H](COC1OC(COC)C(C)C(C)C1C)[C@@H]1OC(C)(C)O[C@@H]1C=CCCCCCCCCCCCC.CCCCCCCCCCCCC=C[C@H]1OC(C)(C)O[C@H]1[C@@H](O)COC1OC(COC)C(C)C(C)C1C.[HH].[HH].[HH].[HH].[HH].[HH].[HH].[HH].[HH].[HH].[HH].[HH].[HH].[HH].[HH].[HH].[HH].[HH].[HH].[HH].[HH].[HH].[HH].[HH]. The molecule has 4 aliphatic heterocycles. The van der Waals surface area contributed by atoms with Gasteiger partial charge in [-0.1, -0.05) is 201 Å². The molecular formula is C88H166O13. The molecule has 4 aliphatic rings. The lowest BCUT2D eigenvalue weighted by molar-refractivity contribution is -0.265. The Morgan fingerprint density at radius 1 is 0.436 bits per heavy atom. The van der Waals surface area contributed by atoms with Crippen molar-refractivity contribution in [3.63, 3.8) is 0 Å². The topological polar surface area (TPSA) is 139 Å². The van der Waals surface area contributed by atoms with Crippen molar-refractivity contribution in [2.24, 2.45) is 35.5 Å². The largest absolute Gasteiger partial charge is 0.447 e. The van der Waals surface area contributed by atoms with Crippen molar-refractivity contribution in [2.45, 2.75) is 304 Å². The van der Waals surface area contributed by atoms with Gasteiger partial charge in [-0.05, 0) is 179 Å². The summed E-state index contributed by atoms with van der Waals surface area (Å²) in [4.78, 5) is 13.1. The molecule has 16 atom stereocenters. The van der Waals surface area contributed by atoms with Gasteiger partial charge in [0.15, 0.2) is 30.3 Å². The van der Waals surface area contributed by atoms with Crippen molar-refractivity contribution >= 4 is 5.97 Å². The van der Waals surface area contributed by atoms with Gasteiger partial charge in [0.2, 0.25) is 0 Å². The van der Waals surface area contributed by atoms with Crippen molar-refractivity contribution in [3.05, 3.63) is 24.3 Å². The van der Waals surface area contributed by atoms with Gasteiger partial charge in [0, 0.05) is 102 Å². The van der Waals surface area contributed by atoms with Gasteiger partial charge in [0.25, 0.3) is 0 Å². The number of allylic oxidation sites excluding steroid dienone is 2. The zero-order valence-electron chi connectivity index (χ0n) is 63.8. The van der Waals surface area contributed by atoms with E-state index in [1.54, 1.807) is 21.1 Å². The van der Waals surface area contributed by atoms with E-state index in [1.165, 1.54) is 122 Å². The van der Waals surface area contributed by atoms with Crippen LogP contribution in [0.3, 0.4) is 0 Å². The van der Waals surface area contributed by atoms with Crippen molar-refractivity contribution in [2.75, 3.05) is 40.6 Å². The number of rotatable bonds is 37. The molecule has 1 N–H and O–H groups in total. The molecule has 0 aromatic heterocycles. The molecule has 0 bridgehead atoms. The fourth-order valence-electron chi connectivity index (χ4n) is 12.2. The van der Waals surface area contributed by atoms with Crippen LogP contribution in [0.15, 0.2) is 24.3 Å². The van der Waals surface area contributed by atoms with Gasteiger partial charge in [0.1, 0.15) is 30.5 Å². The number of methoxy groups -OCH3 is 2. The molecule has 13 heteroatoms. The number of carbonyl (C=O) groups excluding carboxylic acids is 1. The van der Waals surface area contributed by atoms with Crippen LogP contribution in [-0.4, -0.2) is 125 Å². The molecule has 4 saturated heterocycles. The smallest absolute Gasteiger partial charge is 0.385 e. The summed E-state index contributed by atoms with van der Waals surface area (Å²) in [5.41, 5.74) is 0. The van der Waals surface area contributed by atoms with E-state index in [1.807, 2.05) is 33.8 Å². The molecule has 13 nitrogen and oxygen atoms in total. The first-order valence-electron chi connectivity index (χ1n) is 37.2. The third-order valence-corrected chi connectivity index (χ3v) is 18.5. The second kappa shape index (κ2) is 54.0. The fourth-order valence-corrected chi connectivity index (χ4v) is 12.2. The van der Waals surface area contributed by atoms with Crippen LogP contribution in [0.25, 0.3) is 0 Å². The second-order valence-electron chi connectivity index (χ2n) is 27.4. The highest BCUT2D eigenvalue weighted by atomic mass is 16.8. The van der Waals surface area contributed by atoms with Gasteiger partial charge in [-0.15, -0.1) is 0 Å². The Labute approximate surface area is 647 Å². The minimum atomic E-state index is -0.917. The minimum absolute atomic E-state index is 0. The van der Waals surface area contributed by atoms with Gasteiger partial charge in [-0.25, -0.2) is 4.79 Å². The highest BCUT2D eigenvalue weighted by Gasteiger charge is 2.48. The summed E-state index contributed by atoms with van der Waals surface area (Å²) >= 11 is 0. The normalized spacial score (nSPS) is 25.3. The van der Waals surface area contributed by atoms with Gasteiger partial charge in [0.05, 0.1) is 38.6 Å². The molecule has 10 unspecified atom stereocenters. The summed E-state index contributed by atoms with van der Waals surface area (Å²) in [5.74, 6) is 60.1. The molecule has 101 heavy (non-hydrogen) atoms. The van der Waals surface area contributed by atoms with E-state index in [0.717, 1.165) is 19.3 Å². The van der Waals surface area contributed by atoms with Gasteiger partial charge < -0.3 is 57.2 Å². The first-order chi connectivity index (χ1) is 48.8. The molecular weight excluding hydrogens is 1260 g/mol. The molecule has 4 rings (SSSR count). The minimum Gasteiger partial charge on any atom is -0.447 e. The van der Waals surface area contributed by atoms with Crippen molar-refractivity contribution in [3.8, 4) is 142 Å². The summed E-state index contributed by atoms with van der Waals surface area (Å²) in [6.07, 6.45) is 31.9. The Hall–Kier alpha value is -6.77. The lowest BCUT2D eigenvalue weighted by Crippen LogP contribution is -2.49. The first kappa shape index (κ1) is 88.4. The second-order valence-corrected chi connectivity index (χ2v) is 27.4. The van der Waals surface area contributed by atoms with Crippen LogP contribution in [-0.2, 0) is 56.9 Å². The zero-order valence-corrected chi connectivity index (χ0v) is 63.8. The summed E-state index contributed by atoms with van der Waals surface area (Å²) in [5, 5.41) is 11.0. The Balaban J connectivity index is -0.0000000771. The van der Waals surface area contributed by atoms with Crippen molar-refractivity contribution < 1.29 is 96.2 Å². The van der Waals surface area contributed by atoms with Crippen LogP contribution in [0, 0.1) is 178 Å². The van der Waals surface area contributed by atoms with Crippen LogP contribution in [0.5, 0.6) is 0 Å². The standard InChI is InChI=1S/C57H60O7.C31H58O6.24H2/c1-9-11-13-15-17-19-21-23-24-25-26-27-28-29-30-31-32-33-35-37-39-41-43-45-54(58)61-53(47-60-56-50(5)48(3)49(4)52(62-56)46-59-8)55-51(63-57(6,7)64-55)44-42-40-38-36-34-22-20-18-16-14-12-10-2;1-8-9-10-11-12-13-14-15-16-17-18-19-20-27-29(37-31(5,6)36-27)26(32)21-34-30-25(4)23(2)24(3)28(35-30)22-33-7;;;;;;;;;;;;;;;;;;;;;;;;/h42,44,48-53,55-56H,10,12,14,16,18,20,22,34,36,38,40,46-47H2,1-8H3;19-20,23-30,32H,8-18,21-22H2,1-7H3;24*1H/t48?,49?,50?,51-,52?,53+,55-,56?;23?,24?,25?,26-,27+,28?,29-,30?;;;;;;;;;;;;;;;;;;;;;;;;/m10......................../s1. The molecule has 4 fully saturated rings. The van der Waals surface area contributed by atoms with Crippen molar-refractivity contribution in [1.82, 2.24) is 0 Å². The number of carbonyl (C=O) groups is 1. The molecule has 4 heterocycles. The molecule has 0 radical (unpaired) electrons. The predicted molar refractivity (Wildman–Crippen MR) is 452 cm³/mol. The maximum atomic E-state index is 13.1. The lowest BCUT2D eigenvalue weighted by atomic mass is 9.79. The third-order valence-electron chi connectivity index (χ3n) is 18.5. The maximum absolute atomic E-state index is 13.1. The molecule has 0 amide bonds. The predicted octanol–water partition coefficient (Wildman–Crippen LogP) is 20.6. The average Bonchev–Trinajstić information content (AvgIpc) is 1.79.